The van der Waals surface area contributed by atoms with Crippen LogP contribution in [-0.4, -0.2) is 65.6 Å². The van der Waals surface area contributed by atoms with Gasteiger partial charge in [0.1, 0.15) is 6.61 Å². The van der Waals surface area contributed by atoms with E-state index in [4.69, 9.17) is 14.2 Å². The minimum atomic E-state index is -0.331. The second-order valence-corrected chi connectivity index (χ2v) is 3.16. The molecule has 0 aromatic rings. The predicted octanol–water partition coefficient (Wildman–Crippen LogP) is -1.47. The fraction of sp³-hybridized carbons (Fsp3) is 0.800. The number of nitrogens with one attached hydrogen (secondary N) is 2. The molecule has 2 N–H and O–H groups in total. The minimum absolute atomic E-state index is 0.0593. The highest BCUT2D eigenvalue weighted by Gasteiger charge is 2.04. The summed E-state index contributed by atoms with van der Waals surface area (Å²) in [5, 5.41) is 5.00. The van der Waals surface area contributed by atoms with E-state index < -0.39 is 0 Å². The lowest BCUT2D eigenvalue weighted by Crippen LogP contribution is -2.39. The fourth-order valence-electron chi connectivity index (χ4n) is 0.892. The Hall–Kier alpha value is -1.18. The molecular weight excluding hydrogens is 228 g/mol. The van der Waals surface area contributed by atoms with E-state index in [-0.39, 0.29) is 25.0 Å². The number of carbonyl (C=O) groups excluding carboxylic acids is 2. The van der Waals surface area contributed by atoms with Crippen molar-refractivity contribution in [2.75, 3.05) is 53.7 Å². The van der Waals surface area contributed by atoms with Crippen molar-refractivity contribution in [2.24, 2.45) is 0 Å². The van der Waals surface area contributed by atoms with Crippen LogP contribution in [0.4, 0.5) is 0 Å². The number of hydrogen-bond donors (Lipinski definition) is 2. The first-order chi connectivity index (χ1) is 8.20. The summed E-state index contributed by atoms with van der Waals surface area (Å²) >= 11 is 0. The van der Waals surface area contributed by atoms with E-state index in [1.54, 1.807) is 14.2 Å². The van der Waals surface area contributed by atoms with Crippen LogP contribution in [0.1, 0.15) is 0 Å². The highest BCUT2D eigenvalue weighted by molar-refractivity contribution is 5.85. The number of ether oxygens (including phenoxy) is 3. The van der Waals surface area contributed by atoms with Crippen LogP contribution in [0.5, 0.6) is 0 Å². The minimum Gasteiger partial charge on any atom is -0.383 e. The van der Waals surface area contributed by atoms with Crippen LogP contribution in [0.3, 0.4) is 0 Å². The van der Waals surface area contributed by atoms with Gasteiger partial charge >= 0.3 is 0 Å². The Labute approximate surface area is 101 Å². The number of amides is 2. The summed E-state index contributed by atoms with van der Waals surface area (Å²) in [6.07, 6.45) is 0. The maximum Gasteiger partial charge on any atom is 0.246 e. The average molecular weight is 248 g/mol. The Morgan fingerprint density at radius 2 is 1.65 bits per heavy atom. The molecule has 0 aliphatic heterocycles. The van der Waals surface area contributed by atoms with Crippen molar-refractivity contribution >= 4 is 11.8 Å². The summed E-state index contributed by atoms with van der Waals surface area (Å²) in [6, 6.07) is 0. The molecule has 7 heteroatoms. The van der Waals surface area contributed by atoms with Crippen molar-refractivity contribution in [3.63, 3.8) is 0 Å². The second kappa shape index (κ2) is 11.3. The van der Waals surface area contributed by atoms with Gasteiger partial charge in [-0.2, -0.15) is 0 Å². The molecule has 7 nitrogen and oxygen atoms in total. The Balaban J connectivity index is 3.39. The number of hydrogen-bond acceptors (Lipinski definition) is 5. The van der Waals surface area contributed by atoms with E-state index in [2.05, 4.69) is 10.6 Å². The molecule has 0 saturated heterocycles. The van der Waals surface area contributed by atoms with E-state index in [0.717, 1.165) is 0 Å². The number of carbonyl (C=O) groups is 2. The third-order valence-electron chi connectivity index (χ3n) is 1.74. The summed E-state index contributed by atoms with van der Waals surface area (Å²) in [5.74, 6) is -0.588. The monoisotopic (exact) mass is 248 g/mol. The van der Waals surface area contributed by atoms with E-state index in [1.165, 1.54) is 0 Å². The molecule has 100 valence electrons. The van der Waals surface area contributed by atoms with E-state index in [1.807, 2.05) is 0 Å². The van der Waals surface area contributed by atoms with Gasteiger partial charge in [0, 0.05) is 20.8 Å². The molecule has 0 unspecified atom stereocenters. The quantitative estimate of drug-likeness (QED) is 0.461. The van der Waals surface area contributed by atoms with Crippen molar-refractivity contribution in [1.82, 2.24) is 10.6 Å². The van der Waals surface area contributed by atoms with Crippen LogP contribution in [0.2, 0.25) is 0 Å². The van der Waals surface area contributed by atoms with Crippen LogP contribution in [0.15, 0.2) is 0 Å². The largest absolute Gasteiger partial charge is 0.383 e. The Kier molecular flexibility index (Phi) is 10.5. The third kappa shape index (κ3) is 11.1. The van der Waals surface area contributed by atoms with Crippen LogP contribution < -0.4 is 10.6 Å². The summed E-state index contributed by atoms with van der Waals surface area (Å²) in [7, 11) is 3.10. The van der Waals surface area contributed by atoms with Gasteiger partial charge in [-0.05, 0) is 0 Å². The molecule has 0 atom stereocenters. The van der Waals surface area contributed by atoms with E-state index in [0.29, 0.717) is 26.4 Å². The molecule has 0 aromatic carbocycles. The van der Waals surface area contributed by atoms with Gasteiger partial charge in [0.05, 0.1) is 26.4 Å². The highest BCUT2D eigenvalue weighted by Crippen LogP contribution is 1.77. The zero-order chi connectivity index (χ0) is 12.9. The van der Waals surface area contributed by atoms with Crippen molar-refractivity contribution in [3.8, 4) is 0 Å². The zero-order valence-corrected chi connectivity index (χ0v) is 10.3. The Morgan fingerprint density at radius 3 is 2.29 bits per heavy atom. The van der Waals surface area contributed by atoms with E-state index >= 15 is 0 Å². The van der Waals surface area contributed by atoms with Crippen LogP contribution in [0.25, 0.3) is 0 Å². The molecule has 0 aromatic heterocycles. The lowest BCUT2D eigenvalue weighted by molar-refractivity contribution is -0.129. The van der Waals surface area contributed by atoms with Gasteiger partial charge in [-0.25, -0.2) is 0 Å². The van der Waals surface area contributed by atoms with Crippen LogP contribution >= 0.6 is 0 Å². The first kappa shape index (κ1) is 15.8. The Bertz CT molecular complexity index is 223. The molecule has 0 heterocycles. The third-order valence-corrected chi connectivity index (χ3v) is 1.74. The maximum atomic E-state index is 11.2. The summed E-state index contributed by atoms with van der Waals surface area (Å²) < 4.78 is 14.5. The average Bonchev–Trinajstić information content (AvgIpc) is 2.32. The van der Waals surface area contributed by atoms with Gasteiger partial charge < -0.3 is 24.8 Å². The van der Waals surface area contributed by atoms with Crippen molar-refractivity contribution in [3.05, 3.63) is 0 Å². The molecular formula is C10H20N2O5. The van der Waals surface area contributed by atoms with Gasteiger partial charge in [-0.1, -0.05) is 0 Å². The number of rotatable bonds is 10. The highest BCUT2D eigenvalue weighted by atomic mass is 16.5. The van der Waals surface area contributed by atoms with Gasteiger partial charge in [0.2, 0.25) is 11.8 Å². The van der Waals surface area contributed by atoms with Crippen LogP contribution in [0, 0.1) is 0 Å². The van der Waals surface area contributed by atoms with Crippen LogP contribution in [-0.2, 0) is 23.8 Å². The molecule has 2 amide bonds. The first-order valence-electron chi connectivity index (χ1n) is 5.29. The van der Waals surface area contributed by atoms with E-state index in [9.17, 15) is 9.59 Å². The van der Waals surface area contributed by atoms with Crippen molar-refractivity contribution < 1.29 is 23.8 Å². The molecule has 0 fully saturated rings. The van der Waals surface area contributed by atoms with Crippen molar-refractivity contribution in [2.45, 2.75) is 0 Å². The molecule has 0 spiro atoms. The lowest BCUT2D eigenvalue weighted by Gasteiger charge is -2.06. The predicted molar refractivity (Wildman–Crippen MR) is 60.6 cm³/mol. The standard InChI is InChI=1S/C10H20N2O5/c1-15-4-3-11-9(13)7-12-10(14)8-17-6-5-16-2/h3-8H2,1-2H3,(H,11,13)(H,12,14). The molecule has 0 aliphatic carbocycles. The first-order valence-corrected chi connectivity index (χ1v) is 5.29. The summed E-state index contributed by atoms with van der Waals surface area (Å²) in [5.41, 5.74) is 0. The van der Waals surface area contributed by atoms with Gasteiger partial charge in [-0.15, -0.1) is 0 Å². The molecule has 0 saturated carbocycles. The van der Waals surface area contributed by atoms with Gasteiger partial charge in [0.15, 0.2) is 0 Å². The zero-order valence-electron chi connectivity index (χ0n) is 10.3. The summed E-state index contributed by atoms with van der Waals surface area (Å²) in [4.78, 5) is 22.3. The smallest absolute Gasteiger partial charge is 0.246 e. The normalized spacial score (nSPS) is 10.0. The number of methoxy groups -OCH3 is 2. The molecule has 17 heavy (non-hydrogen) atoms. The summed E-state index contributed by atoms with van der Waals surface area (Å²) in [6.45, 7) is 1.52. The topological polar surface area (TPSA) is 85.9 Å². The Morgan fingerprint density at radius 1 is 0.941 bits per heavy atom. The molecule has 0 bridgehead atoms. The van der Waals surface area contributed by atoms with Gasteiger partial charge in [-0.3, -0.25) is 9.59 Å². The van der Waals surface area contributed by atoms with Crippen molar-refractivity contribution in [1.29, 1.82) is 0 Å². The fourth-order valence-corrected chi connectivity index (χ4v) is 0.892. The van der Waals surface area contributed by atoms with Gasteiger partial charge in [0.25, 0.3) is 0 Å². The SMILES string of the molecule is COCCNC(=O)CNC(=O)COCCOC. The maximum absolute atomic E-state index is 11.2. The molecule has 0 aliphatic rings. The lowest BCUT2D eigenvalue weighted by atomic mass is 10.5. The molecule has 0 radical (unpaired) electrons. The molecule has 0 rings (SSSR count). The second-order valence-electron chi connectivity index (χ2n) is 3.16.